The van der Waals surface area contributed by atoms with Crippen molar-refractivity contribution in [2.24, 2.45) is 0 Å². The van der Waals surface area contributed by atoms with Gasteiger partial charge in [-0.1, -0.05) is 0 Å². The number of nitrogens with zero attached hydrogens (tertiary/aromatic N) is 2. The number of hydrogen-bond donors (Lipinski definition) is 2. The monoisotopic (exact) mass is 388 g/mol. The number of halogens is 1. The van der Waals surface area contributed by atoms with E-state index in [0.29, 0.717) is 18.7 Å². The lowest BCUT2D eigenvalue weighted by atomic mass is 10.0. The van der Waals surface area contributed by atoms with Gasteiger partial charge < -0.3 is 10.2 Å². The van der Waals surface area contributed by atoms with Crippen molar-refractivity contribution in [3.8, 4) is 0 Å². The minimum absolute atomic E-state index is 0.0449. The van der Waals surface area contributed by atoms with Gasteiger partial charge in [0.1, 0.15) is 12.2 Å². The summed E-state index contributed by atoms with van der Waals surface area (Å²) in [6, 6.07) is 3.82. The Morgan fingerprint density at radius 2 is 1.93 bits per heavy atom. The summed E-state index contributed by atoms with van der Waals surface area (Å²) in [5.74, 6) is -2.15. The summed E-state index contributed by atoms with van der Waals surface area (Å²) in [5.41, 5.74) is 1.10. The molecule has 0 radical (unpaired) electrons. The third-order valence-electron chi connectivity index (χ3n) is 5.56. The molecule has 0 saturated carbocycles. The van der Waals surface area contributed by atoms with Crippen LogP contribution in [-0.4, -0.2) is 66.9 Å². The Labute approximate surface area is 161 Å². The van der Waals surface area contributed by atoms with Gasteiger partial charge in [0.25, 0.3) is 11.8 Å². The molecule has 4 rings (SSSR count). The molecule has 3 aliphatic rings. The summed E-state index contributed by atoms with van der Waals surface area (Å²) in [6.45, 7) is 0.830. The van der Waals surface area contributed by atoms with E-state index in [1.165, 1.54) is 0 Å². The second kappa shape index (κ2) is 6.97. The van der Waals surface area contributed by atoms with Crippen LogP contribution in [0.25, 0.3) is 0 Å². The summed E-state index contributed by atoms with van der Waals surface area (Å²) in [7, 11) is 1.80. The Bertz CT molecular complexity index is 873. The Kier molecular flexibility index (Phi) is 4.62. The van der Waals surface area contributed by atoms with Crippen molar-refractivity contribution < 1.29 is 23.6 Å². The average molecular weight is 388 g/mol. The summed E-state index contributed by atoms with van der Waals surface area (Å²) in [6.07, 6.45) is -0.369. The maximum Gasteiger partial charge on any atom is 0.262 e. The number of imide groups is 2. The highest BCUT2D eigenvalue weighted by Gasteiger charge is 2.45. The van der Waals surface area contributed by atoms with Gasteiger partial charge in [0.15, 0.2) is 0 Å². The molecule has 28 heavy (non-hydrogen) atoms. The van der Waals surface area contributed by atoms with E-state index >= 15 is 0 Å². The van der Waals surface area contributed by atoms with Crippen LogP contribution in [0.2, 0.25) is 0 Å². The third kappa shape index (κ3) is 2.95. The number of piperidine rings is 1. The van der Waals surface area contributed by atoms with E-state index in [-0.39, 0.29) is 36.6 Å². The molecule has 3 atom stereocenters. The molecule has 9 heteroatoms. The number of benzene rings is 1. The Morgan fingerprint density at radius 1 is 1.18 bits per heavy atom. The molecule has 1 aromatic rings. The summed E-state index contributed by atoms with van der Waals surface area (Å²) in [5, 5.41) is 5.22. The first kappa shape index (κ1) is 18.5. The van der Waals surface area contributed by atoms with E-state index in [4.69, 9.17) is 0 Å². The van der Waals surface area contributed by atoms with Crippen molar-refractivity contribution in [3.05, 3.63) is 29.3 Å². The highest BCUT2D eigenvalue weighted by atomic mass is 19.1. The fraction of sp³-hybridized carbons (Fsp3) is 0.474. The minimum atomic E-state index is -0.993. The zero-order chi connectivity index (χ0) is 20.0. The molecule has 1 aromatic carbocycles. The standard InChI is InChI=1S/C19H21FN4O4/c1-21-8-12-6-10(20)9-23(12)11-2-3-13-14(7-11)19(28)24(18(13)27)15-4-5-16(25)22-17(15)26/h2-3,7,10,12,15,21H,4-6,8-9H2,1H3,(H,22,25,26)/t10-,12-,15?/m0/s1. The maximum absolute atomic E-state index is 14.0. The molecule has 3 heterocycles. The SMILES string of the molecule is CNC[C@@H]1C[C@H](F)CN1c1ccc2c(c1)C(=O)N(C1CCC(=O)NC1=O)C2=O. The Morgan fingerprint density at radius 3 is 2.64 bits per heavy atom. The summed E-state index contributed by atoms with van der Waals surface area (Å²) in [4.78, 5) is 52.0. The zero-order valence-electron chi connectivity index (χ0n) is 15.4. The van der Waals surface area contributed by atoms with Crippen LogP contribution in [0.4, 0.5) is 10.1 Å². The Balaban J connectivity index is 1.63. The second-order valence-corrected chi connectivity index (χ2v) is 7.37. The topological polar surface area (TPSA) is 98.8 Å². The zero-order valence-corrected chi connectivity index (χ0v) is 15.4. The molecule has 4 amide bonds. The van der Waals surface area contributed by atoms with Crippen LogP contribution >= 0.6 is 0 Å². The molecule has 2 saturated heterocycles. The van der Waals surface area contributed by atoms with Gasteiger partial charge in [-0.2, -0.15) is 0 Å². The van der Waals surface area contributed by atoms with Crippen molar-refractivity contribution in [1.29, 1.82) is 0 Å². The van der Waals surface area contributed by atoms with Crippen LogP contribution < -0.4 is 15.5 Å². The largest absolute Gasteiger partial charge is 0.364 e. The molecular formula is C19H21FN4O4. The van der Waals surface area contributed by atoms with Crippen molar-refractivity contribution in [1.82, 2.24) is 15.5 Å². The van der Waals surface area contributed by atoms with E-state index in [9.17, 15) is 23.6 Å². The van der Waals surface area contributed by atoms with Gasteiger partial charge in [-0.05, 0) is 31.7 Å². The molecule has 0 bridgehead atoms. The van der Waals surface area contributed by atoms with Crippen molar-refractivity contribution in [3.63, 3.8) is 0 Å². The van der Waals surface area contributed by atoms with E-state index < -0.39 is 35.8 Å². The Hall–Kier alpha value is -2.81. The van der Waals surface area contributed by atoms with E-state index in [2.05, 4.69) is 10.6 Å². The lowest BCUT2D eigenvalue weighted by Gasteiger charge is -2.27. The van der Waals surface area contributed by atoms with Gasteiger partial charge in [-0.15, -0.1) is 0 Å². The number of likely N-dealkylation sites (N-methyl/N-ethyl adjacent to an activating group) is 1. The first-order chi connectivity index (χ1) is 13.4. The first-order valence-electron chi connectivity index (χ1n) is 9.31. The number of fused-ring (bicyclic) bond motifs is 1. The molecular weight excluding hydrogens is 367 g/mol. The second-order valence-electron chi connectivity index (χ2n) is 7.37. The van der Waals surface area contributed by atoms with Crippen molar-refractivity contribution in [2.45, 2.75) is 37.5 Å². The lowest BCUT2D eigenvalue weighted by molar-refractivity contribution is -0.136. The smallest absolute Gasteiger partial charge is 0.262 e. The number of hydrogen-bond acceptors (Lipinski definition) is 6. The number of carbonyl (C=O) groups excluding carboxylic acids is 4. The lowest BCUT2D eigenvalue weighted by Crippen LogP contribution is -2.54. The van der Waals surface area contributed by atoms with Crippen molar-refractivity contribution >= 4 is 29.3 Å². The number of nitrogens with one attached hydrogen (secondary N) is 2. The highest BCUT2D eigenvalue weighted by Crippen LogP contribution is 2.33. The van der Waals surface area contributed by atoms with Gasteiger partial charge in [0.05, 0.1) is 11.1 Å². The molecule has 2 N–H and O–H groups in total. The summed E-state index contributed by atoms with van der Waals surface area (Å²) < 4.78 is 14.0. The van der Waals surface area contributed by atoms with E-state index in [1.54, 1.807) is 25.2 Å². The van der Waals surface area contributed by atoms with Gasteiger partial charge in [-0.3, -0.25) is 29.4 Å². The van der Waals surface area contributed by atoms with Gasteiger partial charge in [-0.25, -0.2) is 4.39 Å². The first-order valence-corrected chi connectivity index (χ1v) is 9.31. The van der Waals surface area contributed by atoms with Crippen LogP contribution in [0.5, 0.6) is 0 Å². The fourth-order valence-corrected chi connectivity index (χ4v) is 4.24. The molecule has 0 aromatic heterocycles. The number of amides is 4. The number of carbonyl (C=O) groups is 4. The van der Waals surface area contributed by atoms with E-state index in [1.807, 2.05) is 4.90 Å². The average Bonchev–Trinajstić information content (AvgIpc) is 3.14. The fourth-order valence-electron chi connectivity index (χ4n) is 4.24. The molecule has 0 spiro atoms. The molecule has 2 fully saturated rings. The number of anilines is 1. The van der Waals surface area contributed by atoms with Gasteiger partial charge >= 0.3 is 0 Å². The number of alkyl halides is 1. The van der Waals surface area contributed by atoms with Gasteiger partial charge in [0, 0.05) is 37.7 Å². The van der Waals surface area contributed by atoms with Crippen LogP contribution in [0.15, 0.2) is 18.2 Å². The predicted octanol–water partition coefficient (Wildman–Crippen LogP) is 0.224. The van der Waals surface area contributed by atoms with E-state index in [0.717, 1.165) is 4.90 Å². The quantitative estimate of drug-likeness (QED) is 0.717. The van der Waals surface area contributed by atoms with Crippen LogP contribution in [0.1, 0.15) is 40.0 Å². The molecule has 3 aliphatic heterocycles. The molecule has 148 valence electrons. The van der Waals surface area contributed by atoms with Crippen LogP contribution in [0.3, 0.4) is 0 Å². The predicted molar refractivity (Wildman–Crippen MR) is 97.7 cm³/mol. The van der Waals surface area contributed by atoms with Gasteiger partial charge in [0.2, 0.25) is 11.8 Å². The highest BCUT2D eigenvalue weighted by molar-refractivity contribution is 6.23. The molecule has 1 unspecified atom stereocenters. The third-order valence-corrected chi connectivity index (χ3v) is 5.56. The van der Waals surface area contributed by atoms with Crippen LogP contribution in [-0.2, 0) is 9.59 Å². The molecule has 8 nitrogen and oxygen atoms in total. The maximum atomic E-state index is 14.0. The van der Waals surface area contributed by atoms with Crippen LogP contribution in [0, 0.1) is 0 Å². The molecule has 0 aliphatic carbocycles. The number of rotatable bonds is 4. The van der Waals surface area contributed by atoms with Crippen molar-refractivity contribution in [2.75, 3.05) is 25.0 Å². The normalized spacial score (nSPS) is 27.4. The summed E-state index contributed by atoms with van der Waals surface area (Å²) >= 11 is 0. The minimum Gasteiger partial charge on any atom is -0.364 e.